The number of carbonyl (C=O) groups excluding carboxylic acids is 1. The number of amides is 2. The van der Waals surface area contributed by atoms with Crippen LogP contribution in [0.2, 0.25) is 0 Å². The van der Waals surface area contributed by atoms with Crippen LogP contribution in [0.15, 0.2) is 28.8 Å². The Morgan fingerprint density at radius 3 is 2.57 bits per heavy atom. The number of benzene rings is 1. The van der Waals surface area contributed by atoms with Crippen LogP contribution in [-0.2, 0) is 19.6 Å². The quantitative estimate of drug-likeness (QED) is 0.734. The fourth-order valence-corrected chi connectivity index (χ4v) is 1.76. The SMILES string of the molecule is Cc1noc(CNC(=O)NCCc2ccc(CO)cc2)n1. The van der Waals surface area contributed by atoms with Gasteiger partial charge in [-0.15, -0.1) is 0 Å². The van der Waals surface area contributed by atoms with Gasteiger partial charge >= 0.3 is 6.03 Å². The summed E-state index contributed by atoms with van der Waals surface area (Å²) in [6.07, 6.45) is 0.721. The molecule has 0 aliphatic rings. The summed E-state index contributed by atoms with van der Waals surface area (Å²) in [6.45, 7) is 2.48. The molecule has 2 aromatic rings. The Hall–Kier alpha value is -2.41. The molecule has 0 saturated heterocycles. The fourth-order valence-electron chi connectivity index (χ4n) is 1.76. The number of carbonyl (C=O) groups is 1. The second kappa shape index (κ2) is 7.39. The average molecular weight is 290 g/mol. The van der Waals surface area contributed by atoms with Gasteiger partial charge in [0.15, 0.2) is 5.82 Å². The normalized spacial score (nSPS) is 10.4. The summed E-state index contributed by atoms with van der Waals surface area (Å²) in [6, 6.07) is 7.33. The summed E-state index contributed by atoms with van der Waals surface area (Å²) in [5.41, 5.74) is 1.97. The Kier molecular flexibility index (Phi) is 5.28. The van der Waals surface area contributed by atoms with Gasteiger partial charge in [0, 0.05) is 6.54 Å². The third-order valence-electron chi connectivity index (χ3n) is 2.87. The molecule has 0 fully saturated rings. The van der Waals surface area contributed by atoms with Crippen molar-refractivity contribution in [3.8, 4) is 0 Å². The molecule has 0 aliphatic carbocycles. The molecule has 1 aromatic carbocycles. The molecule has 2 amide bonds. The van der Waals surface area contributed by atoms with Crippen molar-refractivity contribution in [2.45, 2.75) is 26.5 Å². The van der Waals surface area contributed by atoms with Crippen molar-refractivity contribution in [1.29, 1.82) is 0 Å². The topological polar surface area (TPSA) is 100 Å². The number of urea groups is 1. The number of aromatic nitrogens is 2. The van der Waals surface area contributed by atoms with E-state index in [1.165, 1.54) is 0 Å². The van der Waals surface area contributed by atoms with E-state index in [1.807, 2.05) is 24.3 Å². The standard InChI is InChI=1S/C14H18N4O3/c1-10-17-13(21-18-10)8-16-14(20)15-7-6-11-2-4-12(9-19)5-3-11/h2-5,19H,6-9H2,1H3,(H2,15,16,20). The first-order chi connectivity index (χ1) is 10.2. The van der Waals surface area contributed by atoms with Crippen LogP contribution in [0, 0.1) is 6.92 Å². The molecule has 112 valence electrons. The van der Waals surface area contributed by atoms with Crippen molar-refractivity contribution in [2.24, 2.45) is 0 Å². The van der Waals surface area contributed by atoms with E-state index in [0.29, 0.717) is 18.3 Å². The molecule has 0 atom stereocenters. The Morgan fingerprint density at radius 1 is 1.24 bits per heavy atom. The van der Waals surface area contributed by atoms with Crippen molar-refractivity contribution in [3.63, 3.8) is 0 Å². The third-order valence-corrected chi connectivity index (χ3v) is 2.87. The van der Waals surface area contributed by atoms with E-state index in [1.54, 1.807) is 6.92 Å². The highest BCUT2D eigenvalue weighted by Gasteiger charge is 2.05. The third kappa shape index (κ3) is 4.88. The van der Waals surface area contributed by atoms with Crippen LogP contribution in [0.3, 0.4) is 0 Å². The molecule has 0 bridgehead atoms. The number of aliphatic hydroxyl groups excluding tert-OH is 1. The highest BCUT2D eigenvalue weighted by atomic mass is 16.5. The number of hydrogen-bond donors (Lipinski definition) is 3. The van der Waals surface area contributed by atoms with Crippen LogP contribution in [0.4, 0.5) is 4.79 Å². The van der Waals surface area contributed by atoms with E-state index < -0.39 is 0 Å². The predicted octanol–water partition coefficient (Wildman–Crippen LogP) is 0.912. The average Bonchev–Trinajstić information content (AvgIpc) is 2.91. The second-order valence-corrected chi connectivity index (χ2v) is 4.57. The van der Waals surface area contributed by atoms with Crippen LogP contribution >= 0.6 is 0 Å². The lowest BCUT2D eigenvalue weighted by molar-refractivity contribution is 0.238. The van der Waals surface area contributed by atoms with E-state index in [-0.39, 0.29) is 19.2 Å². The number of aliphatic hydroxyl groups is 1. The number of aryl methyl sites for hydroxylation is 1. The minimum Gasteiger partial charge on any atom is -0.392 e. The summed E-state index contributed by atoms with van der Waals surface area (Å²) in [4.78, 5) is 15.6. The molecule has 3 N–H and O–H groups in total. The van der Waals surface area contributed by atoms with E-state index in [2.05, 4.69) is 20.8 Å². The van der Waals surface area contributed by atoms with Gasteiger partial charge in [0.1, 0.15) is 0 Å². The van der Waals surface area contributed by atoms with E-state index in [9.17, 15) is 4.79 Å². The van der Waals surface area contributed by atoms with E-state index >= 15 is 0 Å². The van der Waals surface area contributed by atoms with Crippen molar-refractivity contribution >= 4 is 6.03 Å². The first kappa shape index (κ1) is 15.0. The molecule has 7 heteroatoms. The van der Waals surface area contributed by atoms with Crippen molar-refractivity contribution in [1.82, 2.24) is 20.8 Å². The number of nitrogens with one attached hydrogen (secondary N) is 2. The molecule has 0 spiro atoms. The maximum Gasteiger partial charge on any atom is 0.315 e. The van der Waals surface area contributed by atoms with E-state index in [4.69, 9.17) is 9.63 Å². The molecule has 0 radical (unpaired) electrons. The number of hydrogen-bond acceptors (Lipinski definition) is 5. The highest BCUT2D eigenvalue weighted by molar-refractivity contribution is 5.73. The first-order valence-electron chi connectivity index (χ1n) is 6.67. The van der Waals surface area contributed by atoms with Crippen LogP contribution in [-0.4, -0.2) is 27.8 Å². The highest BCUT2D eigenvalue weighted by Crippen LogP contribution is 2.04. The van der Waals surface area contributed by atoms with Gasteiger partial charge < -0.3 is 20.3 Å². The van der Waals surface area contributed by atoms with Gasteiger partial charge in [0.25, 0.3) is 0 Å². The monoisotopic (exact) mass is 290 g/mol. The molecule has 0 saturated carbocycles. The van der Waals surface area contributed by atoms with Crippen molar-refractivity contribution in [3.05, 3.63) is 47.1 Å². The largest absolute Gasteiger partial charge is 0.392 e. The van der Waals surface area contributed by atoms with Gasteiger partial charge in [0.05, 0.1) is 13.2 Å². The summed E-state index contributed by atoms with van der Waals surface area (Å²) in [7, 11) is 0. The lowest BCUT2D eigenvalue weighted by atomic mass is 10.1. The Bertz CT molecular complexity index is 580. The number of nitrogens with zero attached hydrogens (tertiary/aromatic N) is 2. The van der Waals surface area contributed by atoms with Crippen LogP contribution in [0.25, 0.3) is 0 Å². The fraction of sp³-hybridized carbons (Fsp3) is 0.357. The smallest absolute Gasteiger partial charge is 0.315 e. The molecule has 7 nitrogen and oxygen atoms in total. The minimum absolute atomic E-state index is 0.0378. The zero-order chi connectivity index (χ0) is 15.1. The maximum atomic E-state index is 11.6. The first-order valence-corrected chi connectivity index (χ1v) is 6.67. The zero-order valence-corrected chi connectivity index (χ0v) is 11.8. The van der Waals surface area contributed by atoms with E-state index in [0.717, 1.165) is 17.5 Å². The van der Waals surface area contributed by atoms with Gasteiger partial charge in [-0.1, -0.05) is 29.4 Å². The van der Waals surface area contributed by atoms with Gasteiger partial charge in [-0.05, 0) is 24.5 Å². The summed E-state index contributed by atoms with van der Waals surface area (Å²) >= 11 is 0. The molecule has 0 unspecified atom stereocenters. The lowest BCUT2D eigenvalue weighted by Crippen LogP contribution is -2.36. The Morgan fingerprint density at radius 2 is 1.95 bits per heavy atom. The molecular weight excluding hydrogens is 272 g/mol. The number of rotatable bonds is 6. The zero-order valence-electron chi connectivity index (χ0n) is 11.8. The van der Waals surface area contributed by atoms with Crippen LogP contribution in [0.5, 0.6) is 0 Å². The summed E-state index contributed by atoms with van der Waals surface area (Å²) in [5, 5.41) is 18.0. The van der Waals surface area contributed by atoms with Gasteiger partial charge in [0.2, 0.25) is 5.89 Å². The van der Waals surface area contributed by atoms with Gasteiger partial charge in [-0.2, -0.15) is 4.98 Å². The lowest BCUT2D eigenvalue weighted by Gasteiger charge is -2.06. The van der Waals surface area contributed by atoms with Crippen LogP contribution < -0.4 is 10.6 Å². The van der Waals surface area contributed by atoms with Crippen molar-refractivity contribution in [2.75, 3.05) is 6.54 Å². The molecular formula is C14H18N4O3. The maximum absolute atomic E-state index is 11.6. The molecule has 2 rings (SSSR count). The summed E-state index contributed by atoms with van der Waals surface area (Å²) < 4.78 is 4.89. The molecule has 0 aliphatic heterocycles. The Labute approximate surface area is 122 Å². The van der Waals surface area contributed by atoms with Gasteiger partial charge in [-0.3, -0.25) is 0 Å². The van der Waals surface area contributed by atoms with Crippen molar-refractivity contribution < 1.29 is 14.4 Å². The molecule has 1 aromatic heterocycles. The second-order valence-electron chi connectivity index (χ2n) is 4.57. The van der Waals surface area contributed by atoms with Gasteiger partial charge in [-0.25, -0.2) is 4.79 Å². The molecule has 21 heavy (non-hydrogen) atoms. The molecule has 1 heterocycles. The van der Waals surface area contributed by atoms with Crippen LogP contribution in [0.1, 0.15) is 22.8 Å². The minimum atomic E-state index is -0.280. The Balaban J connectivity index is 1.66. The summed E-state index contributed by atoms with van der Waals surface area (Å²) in [5.74, 6) is 0.917. The predicted molar refractivity (Wildman–Crippen MR) is 75.3 cm³/mol.